The summed E-state index contributed by atoms with van der Waals surface area (Å²) >= 11 is 0. The number of carbonyl (C=O) groups excluding carboxylic acids is 1. The fourth-order valence-electron chi connectivity index (χ4n) is 2.66. The van der Waals surface area contributed by atoms with E-state index in [4.69, 9.17) is 4.74 Å². The highest BCUT2D eigenvalue weighted by molar-refractivity contribution is 5.95. The van der Waals surface area contributed by atoms with Gasteiger partial charge in [-0.2, -0.15) is 0 Å². The maximum Gasteiger partial charge on any atom is 0.265 e. The van der Waals surface area contributed by atoms with Crippen LogP contribution in [0.5, 0.6) is 5.75 Å². The van der Waals surface area contributed by atoms with E-state index in [-0.39, 0.29) is 5.91 Å². The van der Waals surface area contributed by atoms with Crippen LogP contribution in [0.25, 0.3) is 0 Å². The topological polar surface area (TPSA) is 38.3 Å². The van der Waals surface area contributed by atoms with Crippen LogP contribution in [-0.4, -0.2) is 12.0 Å². The lowest BCUT2D eigenvalue weighted by Crippen LogP contribution is -2.31. The summed E-state index contributed by atoms with van der Waals surface area (Å²) in [6.45, 7) is 12.1. The third-order valence-corrected chi connectivity index (χ3v) is 4.40. The molecule has 0 unspecified atom stereocenters. The molecule has 2 rings (SSSR count). The van der Waals surface area contributed by atoms with Crippen LogP contribution in [0.3, 0.4) is 0 Å². The molecule has 0 fully saturated rings. The van der Waals surface area contributed by atoms with Gasteiger partial charge in [0.1, 0.15) is 5.75 Å². The second-order valence-electron chi connectivity index (χ2n) is 6.64. The molecule has 0 heterocycles. The van der Waals surface area contributed by atoms with Gasteiger partial charge in [-0.15, -0.1) is 0 Å². The number of amides is 1. The van der Waals surface area contributed by atoms with Crippen molar-refractivity contribution in [1.82, 2.24) is 0 Å². The van der Waals surface area contributed by atoms with Crippen molar-refractivity contribution in [2.24, 2.45) is 0 Å². The first-order valence-electron chi connectivity index (χ1n) is 8.44. The maximum absolute atomic E-state index is 12.6. The summed E-state index contributed by atoms with van der Waals surface area (Å²) in [6.07, 6.45) is -0.565. The summed E-state index contributed by atoms with van der Waals surface area (Å²) in [5, 5.41) is 3.05. The number of benzene rings is 2. The Labute approximate surface area is 145 Å². The Morgan fingerprint density at radius 1 is 0.958 bits per heavy atom. The second-order valence-corrected chi connectivity index (χ2v) is 6.64. The molecule has 2 aromatic rings. The zero-order chi connectivity index (χ0) is 17.9. The van der Waals surface area contributed by atoms with Crippen LogP contribution in [0.1, 0.15) is 48.9 Å². The van der Waals surface area contributed by atoms with E-state index >= 15 is 0 Å². The SMILES string of the molecule is Cc1cccc(O[C@H](C)C(=O)Nc2c(C)cccc2C(C)C)c1C. The Hall–Kier alpha value is -2.29. The molecule has 0 aliphatic carbocycles. The minimum atomic E-state index is -0.565. The van der Waals surface area contributed by atoms with Gasteiger partial charge in [-0.05, 0) is 61.9 Å². The fourth-order valence-corrected chi connectivity index (χ4v) is 2.66. The Bertz CT molecular complexity index is 735. The van der Waals surface area contributed by atoms with Crippen LogP contribution in [0, 0.1) is 20.8 Å². The highest BCUT2D eigenvalue weighted by Gasteiger charge is 2.19. The van der Waals surface area contributed by atoms with Gasteiger partial charge in [-0.1, -0.05) is 44.2 Å². The summed E-state index contributed by atoms with van der Waals surface area (Å²) in [7, 11) is 0. The monoisotopic (exact) mass is 325 g/mol. The van der Waals surface area contributed by atoms with Crippen LogP contribution in [0.2, 0.25) is 0 Å². The van der Waals surface area contributed by atoms with Crippen LogP contribution in [0.15, 0.2) is 36.4 Å². The van der Waals surface area contributed by atoms with Crippen molar-refractivity contribution in [3.63, 3.8) is 0 Å². The van der Waals surface area contributed by atoms with E-state index in [1.807, 2.05) is 51.1 Å². The fraction of sp³-hybridized carbons (Fsp3) is 0.381. The van der Waals surface area contributed by atoms with E-state index in [1.165, 1.54) is 0 Å². The van der Waals surface area contributed by atoms with Gasteiger partial charge in [0.2, 0.25) is 0 Å². The molecule has 0 bridgehead atoms. The van der Waals surface area contributed by atoms with Gasteiger partial charge in [0.25, 0.3) is 5.91 Å². The molecule has 0 spiro atoms. The number of hydrogen-bond acceptors (Lipinski definition) is 2. The second kappa shape index (κ2) is 7.52. The average Bonchev–Trinajstić information content (AvgIpc) is 2.53. The van der Waals surface area contributed by atoms with Crippen LogP contribution < -0.4 is 10.1 Å². The molecule has 1 amide bonds. The zero-order valence-electron chi connectivity index (χ0n) is 15.4. The molecule has 3 nitrogen and oxygen atoms in total. The Balaban J connectivity index is 2.17. The van der Waals surface area contributed by atoms with Crippen LogP contribution >= 0.6 is 0 Å². The summed E-state index contributed by atoms with van der Waals surface area (Å²) in [5.74, 6) is 0.967. The van der Waals surface area contributed by atoms with Crippen molar-refractivity contribution >= 4 is 11.6 Å². The minimum absolute atomic E-state index is 0.132. The molecular weight excluding hydrogens is 298 g/mol. The third kappa shape index (κ3) is 3.97. The number of nitrogens with one attached hydrogen (secondary N) is 1. The Morgan fingerprint density at radius 2 is 1.58 bits per heavy atom. The van der Waals surface area contributed by atoms with Gasteiger partial charge in [0.05, 0.1) is 0 Å². The smallest absolute Gasteiger partial charge is 0.265 e. The molecule has 0 aliphatic heterocycles. The highest BCUT2D eigenvalue weighted by Crippen LogP contribution is 2.28. The molecule has 0 aromatic heterocycles. The van der Waals surface area contributed by atoms with E-state index in [1.54, 1.807) is 6.92 Å². The molecular formula is C21H27NO2. The number of ether oxygens (including phenoxy) is 1. The minimum Gasteiger partial charge on any atom is -0.481 e. The molecule has 0 saturated carbocycles. The van der Waals surface area contributed by atoms with Gasteiger partial charge in [-0.25, -0.2) is 0 Å². The number of para-hydroxylation sites is 1. The number of anilines is 1. The van der Waals surface area contributed by atoms with Gasteiger partial charge in [0.15, 0.2) is 6.10 Å². The molecule has 2 aromatic carbocycles. The molecule has 128 valence electrons. The average molecular weight is 325 g/mol. The Morgan fingerprint density at radius 3 is 2.25 bits per heavy atom. The van der Waals surface area contributed by atoms with E-state index in [9.17, 15) is 4.79 Å². The van der Waals surface area contributed by atoms with Gasteiger partial charge in [-0.3, -0.25) is 4.79 Å². The lowest BCUT2D eigenvalue weighted by atomic mass is 9.98. The number of carbonyl (C=O) groups is 1. The van der Waals surface area contributed by atoms with Crippen LogP contribution in [-0.2, 0) is 4.79 Å². The predicted molar refractivity (Wildman–Crippen MR) is 99.9 cm³/mol. The quantitative estimate of drug-likeness (QED) is 0.826. The normalized spacial score (nSPS) is 12.1. The summed E-state index contributed by atoms with van der Waals surface area (Å²) < 4.78 is 5.89. The standard InChI is InChI=1S/C21H27NO2/c1-13(2)18-11-7-10-15(4)20(18)22-21(23)17(6)24-19-12-8-9-14(3)16(19)5/h7-13,17H,1-6H3,(H,22,23)/t17-/m1/s1. The largest absolute Gasteiger partial charge is 0.481 e. The van der Waals surface area contributed by atoms with Crippen molar-refractivity contribution in [3.05, 3.63) is 58.7 Å². The molecule has 0 aliphatic rings. The first-order valence-corrected chi connectivity index (χ1v) is 8.44. The van der Waals surface area contributed by atoms with E-state index < -0.39 is 6.10 Å². The van der Waals surface area contributed by atoms with Crippen molar-refractivity contribution in [3.8, 4) is 5.75 Å². The third-order valence-electron chi connectivity index (χ3n) is 4.40. The van der Waals surface area contributed by atoms with Crippen molar-refractivity contribution < 1.29 is 9.53 Å². The predicted octanol–water partition coefficient (Wildman–Crippen LogP) is 5.14. The molecule has 1 N–H and O–H groups in total. The summed E-state index contributed by atoms with van der Waals surface area (Å²) in [5.41, 5.74) is 5.32. The summed E-state index contributed by atoms with van der Waals surface area (Å²) in [4.78, 5) is 12.6. The number of aryl methyl sites for hydroxylation is 2. The van der Waals surface area contributed by atoms with E-state index in [0.29, 0.717) is 5.92 Å². The molecule has 0 radical (unpaired) electrons. The van der Waals surface area contributed by atoms with Crippen molar-refractivity contribution in [2.75, 3.05) is 5.32 Å². The van der Waals surface area contributed by atoms with Gasteiger partial charge < -0.3 is 10.1 Å². The molecule has 3 heteroatoms. The summed E-state index contributed by atoms with van der Waals surface area (Å²) in [6, 6.07) is 12.0. The van der Waals surface area contributed by atoms with Gasteiger partial charge in [0, 0.05) is 5.69 Å². The number of hydrogen-bond donors (Lipinski definition) is 1. The number of rotatable bonds is 5. The van der Waals surface area contributed by atoms with E-state index in [2.05, 4.69) is 25.2 Å². The highest BCUT2D eigenvalue weighted by atomic mass is 16.5. The molecule has 0 saturated heterocycles. The van der Waals surface area contributed by atoms with E-state index in [0.717, 1.165) is 33.7 Å². The maximum atomic E-state index is 12.6. The molecule has 1 atom stereocenters. The van der Waals surface area contributed by atoms with Crippen LogP contribution in [0.4, 0.5) is 5.69 Å². The first-order chi connectivity index (χ1) is 11.3. The lowest BCUT2D eigenvalue weighted by Gasteiger charge is -2.20. The zero-order valence-corrected chi connectivity index (χ0v) is 15.4. The van der Waals surface area contributed by atoms with Crippen molar-refractivity contribution in [2.45, 2.75) is 53.6 Å². The van der Waals surface area contributed by atoms with Gasteiger partial charge >= 0.3 is 0 Å². The molecule has 24 heavy (non-hydrogen) atoms. The van der Waals surface area contributed by atoms with Crippen molar-refractivity contribution in [1.29, 1.82) is 0 Å². The Kier molecular flexibility index (Phi) is 5.66. The first kappa shape index (κ1) is 18.1. The lowest BCUT2D eigenvalue weighted by molar-refractivity contribution is -0.122.